The van der Waals surface area contributed by atoms with Crippen molar-refractivity contribution in [2.75, 3.05) is 0 Å². The Morgan fingerprint density at radius 2 is 0.952 bits per heavy atom. The molecule has 10 aromatic rings. The highest BCUT2D eigenvalue weighted by Crippen LogP contribution is 2.46. The first-order valence-electron chi connectivity index (χ1n) is 21.4. The summed E-state index contributed by atoms with van der Waals surface area (Å²) in [6, 6.07) is 59.2. The third-order valence-electron chi connectivity index (χ3n) is 12.4. The van der Waals surface area contributed by atoms with Gasteiger partial charge in [0.25, 0.3) is 0 Å². The number of nitrogens with zero attached hydrogens (tertiary/aromatic N) is 3. The van der Waals surface area contributed by atoms with Crippen LogP contribution in [0.2, 0.25) is 0 Å². The lowest BCUT2D eigenvalue weighted by atomic mass is 9.81. The molecule has 3 aromatic heterocycles. The fourth-order valence-corrected chi connectivity index (χ4v) is 9.47. The summed E-state index contributed by atoms with van der Waals surface area (Å²) in [7, 11) is 0. The minimum atomic E-state index is 0.549. The Morgan fingerprint density at radius 3 is 1.66 bits per heavy atom. The van der Waals surface area contributed by atoms with Crippen molar-refractivity contribution in [3.8, 4) is 45.0 Å². The first-order valence-corrected chi connectivity index (χ1v) is 21.4. The Hall–Kier alpha value is -7.89. The summed E-state index contributed by atoms with van der Waals surface area (Å²) < 4.78 is 13.3. The van der Waals surface area contributed by atoms with Crippen molar-refractivity contribution in [3.05, 3.63) is 210 Å². The predicted octanol–water partition coefficient (Wildman–Crippen LogP) is 13.2. The van der Waals surface area contributed by atoms with Crippen molar-refractivity contribution in [3.63, 3.8) is 0 Å². The van der Waals surface area contributed by atoms with Crippen LogP contribution in [0.1, 0.15) is 42.6 Å². The van der Waals surface area contributed by atoms with Crippen LogP contribution in [0.5, 0.6) is 0 Å². The smallest absolute Gasteiger partial charge is 0.167 e. The maximum atomic E-state index is 6.69. The molecule has 0 bridgehead atoms. The number of hydrogen-bond donors (Lipinski definition) is 0. The van der Waals surface area contributed by atoms with Gasteiger partial charge in [-0.25, -0.2) is 15.0 Å². The van der Waals surface area contributed by atoms with E-state index < -0.39 is 0 Å². The lowest BCUT2D eigenvalue weighted by Gasteiger charge is -2.24. The van der Waals surface area contributed by atoms with Crippen molar-refractivity contribution >= 4 is 55.7 Å². The second-order valence-corrected chi connectivity index (χ2v) is 16.0. The third-order valence-corrected chi connectivity index (χ3v) is 12.4. The normalized spacial score (nSPS) is 13.8. The minimum Gasteiger partial charge on any atom is -0.456 e. The van der Waals surface area contributed by atoms with Crippen LogP contribution in [-0.4, -0.2) is 15.0 Å². The summed E-state index contributed by atoms with van der Waals surface area (Å²) in [5, 5.41) is 4.26. The van der Waals surface area contributed by atoms with Crippen molar-refractivity contribution in [2.24, 2.45) is 0 Å². The number of allylic oxidation sites excluding steroid dienone is 4. The summed E-state index contributed by atoms with van der Waals surface area (Å²) in [4.78, 5) is 16.5. The lowest BCUT2D eigenvalue weighted by molar-refractivity contribution is 0.567. The van der Waals surface area contributed by atoms with E-state index in [-0.39, 0.29) is 0 Å². The summed E-state index contributed by atoms with van der Waals surface area (Å²) in [5.41, 5.74) is 15.3. The van der Waals surface area contributed by atoms with Gasteiger partial charge in [-0.05, 0) is 88.4 Å². The molecule has 2 aliphatic rings. The monoisotopic (exact) mass is 797 g/mol. The molecule has 294 valence electrons. The summed E-state index contributed by atoms with van der Waals surface area (Å²) in [6.07, 6.45) is 10.2. The highest BCUT2D eigenvalue weighted by molar-refractivity contribution is 6.09. The van der Waals surface area contributed by atoms with Gasteiger partial charge < -0.3 is 8.83 Å². The Bertz CT molecular complexity index is 3560. The fraction of sp³-hybridized carbons (Fsp3) is 0.0702. The Balaban J connectivity index is 1.19. The SMILES string of the molecule is C1=C(c2ccccc2)CCC(c2c(-c3ccccc3)ccc(-c3ccccc3)c2-c2nc(C3=c4oc5ccccc5c4=CCC3)nc(-c3cccc4c3oc3ccccc34)n2)=C1. The lowest BCUT2D eigenvalue weighted by Crippen LogP contribution is -2.27. The predicted molar refractivity (Wildman–Crippen MR) is 252 cm³/mol. The van der Waals surface area contributed by atoms with E-state index in [1.807, 2.05) is 24.3 Å². The zero-order chi connectivity index (χ0) is 41.0. The van der Waals surface area contributed by atoms with Crippen LogP contribution in [0.4, 0.5) is 0 Å². The van der Waals surface area contributed by atoms with Crippen molar-refractivity contribution in [1.29, 1.82) is 0 Å². The maximum absolute atomic E-state index is 6.69. The molecule has 5 nitrogen and oxygen atoms in total. The zero-order valence-corrected chi connectivity index (χ0v) is 33.9. The molecule has 0 unspecified atom stereocenters. The second-order valence-electron chi connectivity index (χ2n) is 16.0. The molecule has 0 radical (unpaired) electrons. The molecule has 62 heavy (non-hydrogen) atoms. The molecular weight excluding hydrogens is 759 g/mol. The number of aromatic nitrogens is 3. The molecule has 12 rings (SSSR count). The van der Waals surface area contributed by atoms with Crippen LogP contribution in [0.3, 0.4) is 0 Å². The number of fused-ring (bicyclic) bond motifs is 6. The van der Waals surface area contributed by atoms with E-state index in [1.54, 1.807) is 0 Å². The van der Waals surface area contributed by atoms with Crippen molar-refractivity contribution in [1.82, 2.24) is 15.0 Å². The average molecular weight is 798 g/mol. The van der Waals surface area contributed by atoms with E-state index in [4.69, 9.17) is 23.8 Å². The van der Waals surface area contributed by atoms with Gasteiger partial charge in [-0.2, -0.15) is 0 Å². The molecule has 5 heteroatoms. The quantitative estimate of drug-likeness (QED) is 0.161. The molecule has 0 N–H and O–H groups in total. The molecule has 0 fully saturated rings. The molecule has 0 atom stereocenters. The molecule has 7 aromatic carbocycles. The van der Waals surface area contributed by atoms with E-state index in [2.05, 4.69) is 164 Å². The van der Waals surface area contributed by atoms with Gasteiger partial charge in [0.2, 0.25) is 0 Å². The summed E-state index contributed by atoms with van der Waals surface area (Å²) in [5.74, 6) is 1.75. The van der Waals surface area contributed by atoms with Crippen LogP contribution < -0.4 is 10.6 Å². The van der Waals surface area contributed by atoms with Crippen LogP contribution in [0.15, 0.2) is 191 Å². The van der Waals surface area contributed by atoms with E-state index in [1.165, 1.54) is 16.7 Å². The molecule has 0 saturated heterocycles. The van der Waals surface area contributed by atoms with Gasteiger partial charge in [-0.15, -0.1) is 0 Å². The van der Waals surface area contributed by atoms with Gasteiger partial charge in [-0.3, -0.25) is 0 Å². The van der Waals surface area contributed by atoms with E-state index >= 15 is 0 Å². The Kier molecular flexibility index (Phi) is 8.70. The second kappa shape index (κ2) is 15.0. The number of hydrogen-bond acceptors (Lipinski definition) is 5. The van der Waals surface area contributed by atoms with Gasteiger partial charge in [-0.1, -0.05) is 170 Å². The first-order chi connectivity index (χ1) is 30.7. The fourth-order valence-electron chi connectivity index (χ4n) is 9.47. The molecule has 0 spiro atoms. The van der Waals surface area contributed by atoms with E-state index in [0.717, 1.165) is 114 Å². The topological polar surface area (TPSA) is 65.0 Å². The van der Waals surface area contributed by atoms with E-state index in [9.17, 15) is 0 Å². The van der Waals surface area contributed by atoms with Crippen molar-refractivity contribution < 1.29 is 8.83 Å². The average Bonchev–Trinajstić information content (AvgIpc) is 3.93. The van der Waals surface area contributed by atoms with Crippen LogP contribution in [0, 0.1) is 0 Å². The minimum absolute atomic E-state index is 0.549. The first kappa shape index (κ1) is 36.0. The standard InChI is InChI=1S/C57H39N3O2/c1-4-16-36(17-5-1)37-30-32-40(33-31-37)51-41(38-18-6-2-7-19-38)34-35-42(39-20-8-3-9-21-39)52(51)57-59-55(47-26-14-24-45-43-22-10-12-28-49(43)61-53(45)47)58-56(60-57)48-27-15-25-46-44-23-11-13-29-50(44)62-54(46)48/h1-14,16-26,28-30,32,34-35H,15,27,31,33H2. The van der Waals surface area contributed by atoms with Gasteiger partial charge in [0.15, 0.2) is 17.5 Å². The highest BCUT2D eigenvalue weighted by Gasteiger charge is 2.27. The summed E-state index contributed by atoms with van der Waals surface area (Å²) >= 11 is 0. The van der Waals surface area contributed by atoms with Crippen LogP contribution in [-0.2, 0) is 0 Å². The highest BCUT2D eigenvalue weighted by atomic mass is 16.3. The number of para-hydroxylation sites is 3. The zero-order valence-electron chi connectivity index (χ0n) is 33.9. The third kappa shape index (κ3) is 6.12. The largest absolute Gasteiger partial charge is 0.456 e. The van der Waals surface area contributed by atoms with Gasteiger partial charge >= 0.3 is 0 Å². The maximum Gasteiger partial charge on any atom is 0.167 e. The van der Waals surface area contributed by atoms with Crippen LogP contribution >= 0.6 is 0 Å². The molecule has 0 amide bonds. The molecule has 2 aliphatic carbocycles. The molecular formula is C57H39N3O2. The van der Waals surface area contributed by atoms with Crippen molar-refractivity contribution in [2.45, 2.75) is 25.7 Å². The van der Waals surface area contributed by atoms with Gasteiger partial charge in [0, 0.05) is 32.5 Å². The van der Waals surface area contributed by atoms with Gasteiger partial charge in [0.1, 0.15) is 22.2 Å². The van der Waals surface area contributed by atoms with Gasteiger partial charge in [0.05, 0.1) is 5.56 Å². The molecule has 0 saturated carbocycles. The molecule has 0 aliphatic heterocycles. The Morgan fingerprint density at radius 1 is 0.387 bits per heavy atom. The Labute approximate surface area is 358 Å². The number of rotatable bonds is 7. The number of furan rings is 2. The number of benzene rings is 7. The summed E-state index contributed by atoms with van der Waals surface area (Å²) in [6.45, 7) is 0. The molecule has 3 heterocycles. The van der Waals surface area contributed by atoms with E-state index in [0.29, 0.717) is 17.5 Å². The van der Waals surface area contributed by atoms with Crippen LogP contribution in [0.25, 0.3) is 101 Å².